The summed E-state index contributed by atoms with van der Waals surface area (Å²) in [5.41, 5.74) is 1.90. The first-order chi connectivity index (χ1) is 16.2. The van der Waals surface area contributed by atoms with Gasteiger partial charge in [0.25, 0.3) is 5.91 Å². The van der Waals surface area contributed by atoms with E-state index in [0.29, 0.717) is 15.8 Å². The molecule has 9 heteroatoms. The van der Waals surface area contributed by atoms with Gasteiger partial charge in [-0.25, -0.2) is 4.99 Å². The number of carbonyl (C=O) groups excluding carboxylic acids is 1. The van der Waals surface area contributed by atoms with Crippen molar-refractivity contribution in [2.24, 2.45) is 4.99 Å². The van der Waals surface area contributed by atoms with Gasteiger partial charge in [-0.3, -0.25) is 9.69 Å². The van der Waals surface area contributed by atoms with Gasteiger partial charge in [-0.05, 0) is 66.7 Å². The number of aliphatic imine (C=N–C) groups is 1. The SMILES string of the molecule is Cc1cccc(N2C(=O)/C(=C3/Sc4ccccc4N3C)SC2=Nc2cccc(C(F)(F)F)c2)c1. The first kappa shape index (κ1) is 22.6. The number of nitrogens with zero attached hydrogens (tertiary/aromatic N) is 3. The van der Waals surface area contributed by atoms with Crippen molar-refractivity contribution in [1.82, 2.24) is 0 Å². The topological polar surface area (TPSA) is 35.9 Å². The maximum Gasteiger partial charge on any atom is 0.416 e. The Hall–Kier alpha value is -3.17. The number of hydrogen-bond donors (Lipinski definition) is 0. The van der Waals surface area contributed by atoms with E-state index < -0.39 is 11.7 Å². The van der Waals surface area contributed by atoms with E-state index in [1.54, 1.807) is 6.07 Å². The summed E-state index contributed by atoms with van der Waals surface area (Å²) in [7, 11) is 1.90. The Kier molecular flexibility index (Phi) is 5.69. The van der Waals surface area contributed by atoms with Crippen molar-refractivity contribution in [2.45, 2.75) is 18.0 Å². The zero-order valence-corrected chi connectivity index (χ0v) is 19.8. The van der Waals surface area contributed by atoms with E-state index in [9.17, 15) is 18.0 Å². The van der Waals surface area contributed by atoms with Gasteiger partial charge >= 0.3 is 6.18 Å². The highest BCUT2D eigenvalue weighted by Gasteiger charge is 2.40. The molecule has 172 valence electrons. The molecule has 34 heavy (non-hydrogen) atoms. The Bertz CT molecular complexity index is 1370. The molecule has 0 bridgehead atoms. The smallest absolute Gasteiger partial charge is 0.337 e. The maximum atomic E-state index is 13.7. The van der Waals surface area contributed by atoms with Crippen molar-refractivity contribution in [3.05, 3.63) is 93.9 Å². The Balaban J connectivity index is 1.62. The van der Waals surface area contributed by atoms with Gasteiger partial charge in [-0.2, -0.15) is 13.2 Å². The molecule has 2 aliphatic heterocycles. The Morgan fingerprint density at radius 1 is 0.912 bits per heavy atom. The van der Waals surface area contributed by atoms with Gasteiger partial charge < -0.3 is 4.90 Å². The fourth-order valence-electron chi connectivity index (χ4n) is 3.74. The van der Waals surface area contributed by atoms with Crippen LogP contribution in [0.25, 0.3) is 0 Å². The van der Waals surface area contributed by atoms with Gasteiger partial charge in [0.15, 0.2) is 5.17 Å². The van der Waals surface area contributed by atoms with E-state index in [0.717, 1.165) is 33.3 Å². The summed E-state index contributed by atoms with van der Waals surface area (Å²) in [5, 5.41) is 1.07. The number of para-hydroxylation sites is 1. The molecule has 0 saturated carbocycles. The third-order valence-electron chi connectivity index (χ3n) is 5.37. The van der Waals surface area contributed by atoms with Crippen LogP contribution in [-0.4, -0.2) is 18.1 Å². The number of rotatable bonds is 2. The van der Waals surface area contributed by atoms with Gasteiger partial charge in [0.05, 0.1) is 27.7 Å². The number of carbonyl (C=O) groups is 1. The van der Waals surface area contributed by atoms with Crippen LogP contribution in [0.3, 0.4) is 0 Å². The molecule has 0 aliphatic carbocycles. The molecule has 3 aromatic carbocycles. The van der Waals surface area contributed by atoms with Crippen molar-refractivity contribution in [1.29, 1.82) is 0 Å². The molecule has 5 rings (SSSR count). The van der Waals surface area contributed by atoms with Crippen molar-refractivity contribution in [3.8, 4) is 0 Å². The molecule has 2 heterocycles. The van der Waals surface area contributed by atoms with Crippen LogP contribution in [0.4, 0.5) is 30.2 Å². The van der Waals surface area contributed by atoms with Gasteiger partial charge in [-0.15, -0.1) is 0 Å². The molecule has 1 fully saturated rings. The number of benzene rings is 3. The standard InChI is InChI=1S/C25H18F3N3OS2/c1-15-7-5-10-18(13-15)31-22(32)21(23-30(2)19-11-3-4-12-20(19)33-23)34-24(31)29-17-9-6-8-16(14-17)25(26,27)28/h3-14H,1-2H3/b23-21-,29-24?. The molecule has 1 saturated heterocycles. The zero-order chi connectivity index (χ0) is 24.0. The lowest BCUT2D eigenvalue weighted by Crippen LogP contribution is -2.29. The van der Waals surface area contributed by atoms with Crippen LogP contribution >= 0.6 is 23.5 Å². The highest BCUT2D eigenvalue weighted by Crippen LogP contribution is 2.50. The summed E-state index contributed by atoms with van der Waals surface area (Å²) >= 11 is 2.66. The normalized spacial score (nSPS) is 19.3. The monoisotopic (exact) mass is 497 g/mol. The molecule has 2 aliphatic rings. The molecular weight excluding hydrogens is 479 g/mol. The summed E-state index contributed by atoms with van der Waals surface area (Å²) in [5.74, 6) is -0.261. The number of anilines is 2. The van der Waals surface area contributed by atoms with Crippen LogP contribution in [0.5, 0.6) is 0 Å². The number of fused-ring (bicyclic) bond motifs is 1. The van der Waals surface area contributed by atoms with Crippen molar-refractivity contribution >= 4 is 51.7 Å². The third kappa shape index (κ3) is 4.10. The average molecular weight is 498 g/mol. The number of halogens is 3. The summed E-state index contributed by atoms with van der Waals surface area (Å²) < 4.78 is 39.7. The zero-order valence-electron chi connectivity index (χ0n) is 18.1. The minimum absolute atomic E-state index is 0.129. The number of thioether (sulfide) groups is 2. The second kappa shape index (κ2) is 8.56. The number of amidine groups is 1. The lowest BCUT2D eigenvalue weighted by molar-refractivity contribution is -0.137. The second-order valence-electron chi connectivity index (χ2n) is 7.79. The summed E-state index contributed by atoms with van der Waals surface area (Å²) in [6.45, 7) is 1.91. The lowest BCUT2D eigenvalue weighted by atomic mass is 10.2. The highest BCUT2D eigenvalue weighted by molar-refractivity contribution is 8.20. The fourth-order valence-corrected chi connectivity index (χ4v) is 6.08. The molecule has 1 amide bonds. The molecule has 0 unspecified atom stereocenters. The molecule has 0 aromatic heterocycles. The molecule has 0 atom stereocenters. The van der Waals surface area contributed by atoms with Crippen molar-refractivity contribution < 1.29 is 18.0 Å². The number of amides is 1. The van der Waals surface area contributed by atoms with E-state index in [4.69, 9.17) is 0 Å². The van der Waals surface area contributed by atoms with Gasteiger partial charge in [-0.1, -0.05) is 42.1 Å². The van der Waals surface area contributed by atoms with Crippen LogP contribution in [0.2, 0.25) is 0 Å². The number of alkyl halides is 3. The predicted molar refractivity (Wildman–Crippen MR) is 133 cm³/mol. The molecule has 0 N–H and O–H groups in total. The van der Waals surface area contributed by atoms with E-state index >= 15 is 0 Å². The molecular formula is C25H18F3N3OS2. The van der Waals surface area contributed by atoms with Crippen LogP contribution in [0.1, 0.15) is 11.1 Å². The van der Waals surface area contributed by atoms with Crippen LogP contribution < -0.4 is 9.80 Å². The number of hydrogen-bond acceptors (Lipinski definition) is 5. The largest absolute Gasteiger partial charge is 0.416 e. The van der Waals surface area contributed by atoms with E-state index in [1.807, 2.05) is 61.3 Å². The Morgan fingerprint density at radius 3 is 2.41 bits per heavy atom. The van der Waals surface area contributed by atoms with E-state index in [2.05, 4.69) is 4.99 Å². The van der Waals surface area contributed by atoms with Gasteiger partial charge in [0.2, 0.25) is 0 Å². The second-order valence-corrected chi connectivity index (χ2v) is 9.80. The molecule has 4 nitrogen and oxygen atoms in total. The molecule has 0 spiro atoms. The van der Waals surface area contributed by atoms with Crippen LogP contribution in [-0.2, 0) is 11.0 Å². The van der Waals surface area contributed by atoms with Crippen molar-refractivity contribution in [2.75, 3.05) is 16.8 Å². The van der Waals surface area contributed by atoms with Gasteiger partial charge in [0, 0.05) is 11.9 Å². The van der Waals surface area contributed by atoms with Crippen LogP contribution in [0, 0.1) is 6.92 Å². The third-order valence-corrected chi connectivity index (χ3v) is 7.77. The quantitative estimate of drug-likeness (QED) is 0.351. The fraction of sp³-hybridized carbons (Fsp3) is 0.120. The average Bonchev–Trinajstić information content (AvgIpc) is 3.30. The van der Waals surface area contributed by atoms with E-state index in [1.165, 1.54) is 40.6 Å². The Labute approximate surface area is 203 Å². The molecule has 3 aromatic rings. The number of aryl methyl sites for hydroxylation is 1. The lowest BCUT2D eigenvalue weighted by Gasteiger charge is -2.17. The minimum Gasteiger partial charge on any atom is -0.337 e. The van der Waals surface area contributed by atoms with Crippen LogP contribution in [0.15, 0.2) is 92.6 Å². The first-order valence-corrected chi connectivity index (χ1v) is 12.0. The Morgan fingerprint density at radius 2 is 1.68 bits per heavy atom. The summed E-state index contributed by atoms with van der Waals surface area (Å²) in [6, 6.07) is 20.1. The maximum absolute atomic E-state index is 13.7. The highest BCUT2D eigenvalue weighted by atomic mass is 32.2. The van der Waals surface area contributed by atoms with E-state index in [-0.39, 0.29) is 11.6 Å². The van der Waals surface area contributed by atoms with Crippen molar-refractivity contribution in [3.63, 3.8) is 0 Å². The predicted octanol–water partition coefficient (Wildman–Crippen LogP) is 7.19. The molecule has 0 radical (unpaired) electrons. The van der Waals surface area contributed by atoms with Gasteiger partial charge in [0.1, 0.15) is 4.91 Å². The first-order valence-electron chi connectivity index (χ1n) is 10.3. The minimum atomic E-state index is -4.48. The summed E-state index contributed by atoms with van der Waals surface area (Å²) in [6.07, 6.45) is -4.48. The summed E-state index contributed by atoms with van der Waals surface area (Å²) in [4.78, 5) is 23.1.